The highest BCUT2D eigenvalue weighted by atomic mass is 32.2. The van der Waals surface area contributed by atoms with Crippen molar-refractivity contribution in [2.45, 2.75) is 37.5 Å². The van der Waals surface area contributed by atoms with Gasteiger partial charge in [-0.3, -0.25) is 4.79 Å². The van der Waals surface area contributed by atoms with Gasteiger partial charge in [-0.25, -0.2) is 12.8 Å². The van der Waals surface area contributed by atoms with Crippen LogP contribution in [-0.2, 0) is 14.8 Å². The van der Waals surface area contributed by atoms with Gasteiger partial charge in [-0.2, -0.15) is 4.31 Å². The van der Waals surface area contributed by atoms with Crippen LogP contribution >= 0.6 is 0 Å². The molecule has 0 aliphatic carbocycles. The lowest BCUT2D eigenvalue weighted by Crippen LogP contribution is -2.38. The summed E-state index contributed by atoms with van der Waals surface area (Å²) in [6.07, 6.45) is 2.40. The van der Waals surface area contributed by atoms with Gasteiger partial charge < -0.3 is 5.32 Å². The summed E-state index contributed by atoms with van der Waals surface area (Å²) in [6.45, 7) is 2.71. The van der Waals surface area contributed by atoms with E-state index in [0.717, 1.165) is 18.4 Å². The summed E-state index contributed by atoms with van der Waals surface area (Å²) in [5, 5.41) is 2.59. The van der Waals surface area contributed by atoms with Crippen molar-refractivity contribution >= 4 is 21.6 Å². The average Bonchev–Trinajstić information content (AvgIpc) is 2.69. The SMILES string of the molecule is Cc1ccccc1S(=O)(=O)N1CCC(CCC(=O)Nc2ccccc2F)CC1. The summed E-state index contributed by atoms with van der Waals surface area (Å²) >= 11 is 0. The number of para-hydroxylation sites is 1. The van der Waals surface area contributed by atoms with E-state index < -0.39 is 15.8 Å². The predicted molar refractivity (Wildman–Crippen MR) is 107 cm³/mol. The first kappa shape index (κ1) is 20.5. The molecular formula is C21H25FN2O3S. The molecule has 5 nitrogen and oxygen atoms in total. The van der Waals surface area contributed by atoms with Crippen LogP contribution in [-0.4, -0.2) is 31.7 Å². The minimum atomic E-state index is -3.48. The number of anilines is 1. The number of nitrogens with one attached hydrogen (secondary N) is 1. The van der Waals surface area contributed by atoms with Gasteiger partial charge in [-0.05, 0) is 55.9 Å². The maximum atomic E-state index is 13.6. The average molecular weight is 405 g/mol. The number of hydrogen-bond acceptors (Lipinski definition) is 3. The van der Waals surface area contributed by atoms with Crippen LogP contribution in [0.4, 0.5) is 10.1 Å². The van der Waals surface area contributed by atoms with E-state index in [4.69, 9.17) is 0 Å². The van der Waals surface area contributed by atoms with E-state index in [1.165, 1.54) is 16.4 Å². The molecule has 150 valence electrons. The molecule has 0 unspecified atom stereocenters. The molecule has 0 radical (unpaired) electrons. The number of amides is 1. The molecule has 0 aromatic heterocycles. The number of benzene rings is 2. The van der Waals surface area contributed by atoms with Gasteiger partial charge in [0.05, 0.1) is 10.6 Å². The van der Waals surface area contributed by atoms with Gasteiger partial charge in [0.25, 0.3) is 0 Å². The Kier molecular flexibility index (Phi) is 6.46. The van der Waals surface area contributed by atoms with E-state index >= 15 is 0 Å². The summed E-state index contributed by atoms with van der Waals surface area (Å²) in [5.74, 6) is -0.389. The quantitative estimate of drug-likeness (QED) is 0.793. The maximum Gasteiger partial charge on any atom is 0.243 e. The molecule has 28 heavy (non-hydrogen) atoms. The Morgan fingerprint density at radius 2 is 1.75 bits per heavy atom. The summed E-state index contributed by atoms with van der Waals surface area (Å²) < 4.78 is 40.8. The Hall–Kier alpha value is -2.25. The Labute approximate surface area is 165 Å². The third-order valence-electron chi connectivity index (χ3n) is 5.21. The van der Waals surface area contributed by atoms with Gasteiger partial charge in [0.1, 0.15) is 5.82 Å². The van der Waals surface area contributed by atoms with Gasteiger partial charge in [-0.15, -0.1) is 0 Å². The van der Waals surface area contributed by atoms with Crippen molar-refractivity contribution in [1.29, 1.82) is 0 Å². The lowest BCUT2D eigenvalue weighted by atomic mass is 9.93. The van der Waals surface area contributed by atoms with Gasteiger partial charge in [0.2, 0.25) is 15.9 Å². The second-order valence-corrected chi connectivity index (χ2v) is 9.09. The molecule has 2 aromatic carbocycles. The van der Waals surface area contributed by atoms with Crippen LogP contribution in [0.15, 0.2) is 53.4 Å². The zero-order chi connectivity index (χ0) is 20.1. The number of sulfonamides is 1. The van der Waals surface area contributed by atoms with Crippen LogP contribution in [0.1, 0.15) is 31.2 Å². The van der Waals surface area contributed by atoms with Crippen LogP contribution in [0.3, 0.4) is 0 Å². The summed E-state index contributed by atoms with van der Waals surface area (Å²) in [5.41, 5.74) is 0.932. The molecule has 1 saturated heterocycles. The van der Waals surface area contributed by atoms with Crippen LogP contribution in [0.25, 0.3) is 0 Å². The monoisotopic (exact) mass is 404 g/mol. The lowest BCUT2D eigenvalue weighted by molar-refractivity contribution is -0.116. The molecule has 0 saturated carbocycles. The maximum absolute atomic E-state index is 13.6. The van der Waals surface area contributed by atoms with Gasteiger partial charge in [0.15, 0.2) is 0 Å². The Bertz CT molecular complexity index is 938. The van der Waals surface area contributed by atoms with Crippen LogP contribution in [0.2, 0.25) is 0 Å². The lowest BCUT2D eigenvalue weighted by Gasteiger charge is -2.31. The third kappa shape index (κ3) is 4.77. The first-order valence-corrected chi connectivity index (χ1v) is 10.9. The summed E-state index contributed by atoms with van der Waals surface area (Å²) in [6, 6.07) is 13.1. The molecule has 1 aliphatic rings. The Balaban J connectivity index is 1.50. The van der Waals surface area contributed by atoms with Crippen molar-refractivity contribution in [3.63, 3.8) is 0 Å². The third-order valence-corrected chi connectivity index (χ3v) is 7.27. The van der Waals surface area contributed by atoms with Crippen molar-refractivity contribution in [3.8, 4) is 0 Å². The number of piperidine rings is 1. The molecule has 1 aliphatic heterocycles. The standard InChI is InChI=1S/C21H25FN2O3S/c1-16-6-2-5-9-20(16)28(26,27)24-14-12-17(13-15-24)10-11-21(25)23-19-8-4-3-7-18(19)22/h2-9,17H,10-15H2,1H3,(H,23,25). The predicted octanol–water partition coefficient (Wildman–Crippen LogP) is 3.95. The van der Waals surface area contributed by atoms with E-state index in [1.807, 2.05) is 6.07 Å². The van der Waals surface area contributed by atoms with Crippen LogP contribution in [0, 0.1) is 18.7 Å². The zero-order valence-electron chi connectivity index (χ0n) is 15.9. The number of nitrogens with zero attached hydrogens (tertiary/aromatic N) is 1. The zero-order valence-corrected chi connectivity index (χ0v) is 16.7. The molecule has 2 aromatic rings. The fraction of sp³-hybridized carbons (Fsp3) is 0.381. The van der Waals surface area contributed by atoms with Crippen LogP contribution in [0.5, 0.6) is 0 Å². The largest absolute Gasteiger partial charge is 0.324 e. The highest BCUT2D eigenvalue weighted by Gasteiger charge is 2.30. The number of carbonyl (C=O) groups is 1. The second-order valence-electron chi connectivity index (χ2n) is 7.18. The molecule has 0 spiro atoms. The fourth-order valence-electron chi connectivity index (χ4n) is 3.53. The highest BCUT2D eigenvalue weighted by Crippen LogP contribution is 2.27. The number of aryl methyl sites for hydroxylation is 1. The minimum absolute atomic E-state index is 0.187. The molecule has 0 bridgehead atoms. The Morgan fingerprint density at radius 3 is 2.43 bits per heavy atom. The molecule has 1 N–H and O–H groups in total. The molecule has 7 heteroatoms. The number of carbonyl (C=O) groups excluding carboxylic acids is 1. The number of hydrogen-bond donors (Lipinski definition) is 1. The van der Waals surface area contributed by atoms with E-state index in [-0.39, 0.29) is 17.5 Å². The van der Waals surface area contributed by atoms with E-state index in [0.29, 0.717) is 30.8 Å². The fourth-order valence-corrected chi connectivity index (χ4v) is 5.23. The summed E-state index contributed by atoms with van der Waals surface area (Å²) in [4.78, 5) is 12.4. The topological polar surface area (TPSA) is 66.5 Å². The van der Waals surface area contributed by atoms with Crippen molar-refractivity contribution in [2.24, 2.45) is 5.92 Å². The molecule has 3 rings (SSSR count). The molecule has 1 heterocycles. The normalized spacial score (nSPS) is 16.1. The smallest absolute Gasteiger partial charge is 0.243 e. The Morgan fingerprint density at radius 1 is 1.11 bits per heavy atom. The van der Waals surface area contributed by atoms with E-state index in [1.54, 1.807) is 37.3 Å². The molecular weight excluding hydrogens is 379 g/mol. The summed E-state index contributed by atoms with van der Waals surface area (Å²) in [7, 11) is -3.48. The first-order chi connectivity index (χ1) is 13.4. The van der Waals surface area contributed by atoms with Gasteiger partial charge in [0, 0.05) is 19.5 Å². The highest BCUT2D eigenvalue weighted by molar-refractivity contribution is 7.89. The first-order valence-electron chi connectivity index (χ1n) is 9.48. The number of halogens is 1. The minimum Gasteiger partial charge on any atom is -0.324 e. The molecule has 1 amide bonds. The van der Waals surface area contributed by atoms with Crippen molar-refractivity contribution < 1.29 is 17.6 Å². The van der Waals surface area contributed by atoms with Crippen molar-refractivity contribution in [2.75, 3.05) is 18.4 Å². The van der Waals surface area contributed by atoms with E-state index in [2.05, 4.69) is 5.32 Å². The second kappa shape index (κ2) is 8.84. The number of rotatable bonds is 6. The van der Waals surface area contributed by atoms with Gasteiger partial charge in [-0.1, -0.05) is 30.3 Å². The van der Waals surface area contributed by atoms with E-state index in [9.17, 15) is 17.6 Å². The van der Waals surface area contributed by atoms with Gasteiger partial charge >= 0.3 is 0 Å². The molecule has 0 atom stereocenters. The molecule has 1 fully saturated rings. The van der Waals surface area contributed by atoms with Crippen molar-refractivity contribution in [3.05, 3.63) is 59.9 Å². The van der Waals surface area contributed by atoms with Crippen LogP contribution < -0.4 is 5.32 Å². The van der Waals surface area contributed by atoms with Crippen molar-refractivity contribution in [1.82, 2.24) is 4.31 Å².